The van der Waals surface area contributed by atoms with Crippen molar-refractivity contribution in [1.82, 2.24) is 9.80 Å². The predicted molar refractivity (Wildman–Crippen MR) is 98.0 cm³/mol. The molecule has 2 saturated heterocycles. The molecule has 0 saturated carbocycles. The highest BCUT2D eigenvalue weighted by Crippen LogP contribution is 2.28. The molecule has 0 aromatic heterocycles. The molecule has 2 fully saturated rings. The van der Waals surface area contributed by atoms with E-state index in [0.29, 0.717) is 50.6 Å². The standard InChI is InChI=1S/C18H30N2O4S/c1-5-24-17(23)13-6-8-19(9-7-13)16(22)14-11-25-12-20(14)15(21)10-18(2,3)4/h13-14H,5-12H2,1-4H3. The molecular weight excluding hydrogens is 340 g/mol. The summed E-state index contributed by atoms with van der Waals surface area (Å²) in [5.74, 6) is 1.05. The van der Waals surface area contributed by atoms with Crippen LogP contribution >= 0.6 is 11.8 Å². The van der Waals surface area contributed by atoms with Gasteiger partial charge in [-0.05, 0) is 25.2 Å². The maximum Gasteiger partial charge on any atom is 0.309 e. The summed E-state index contributed by atoms with van der Waals surface area (Å²) in [5, 5.41) is 0. The van der Waals surface area contributed by atoms with Crippen molar-refractivity contribution in [2.75, 3.05) is 31.3 Å². The van der Waals surface area contributed by atoms with E-state index < -0.39 is 0 Å². The Morgan fingerprint density at radius 3 is 2.36 bits per heavy atom. The number of nitrogens with zero attached hydrogens (tertiary/aromatic N) is 2. The zero-order chi connectivity index (χ0) is 18.6. The topological polar surface area (TPSA) is 66.9 Å². The van der Waals surface area contributed by atoms with Crippen LogP contribution in [0.3, 0.4) is 0 Å². The van der Waals surface area contributed by atoms with Crippen molar-refractivity contribution < 1.29 is 19.1 Å². The Hall–Kier alpha value is -1.24. The Morgan fingerprint density at radius 2 is 1.80 bits per heavy atom. The van der Waals surface area contributed by atoms with Crippen molar-refractivity contribution in [1.29, 1.82) is 0 Å². The molecule has 2 amide bonds. The minimum Gasteiger partial charge on any atom is -0.466 e. The summed E-state index contributed by atoms with van der Waals surface area (Å²) in [4.78, 5) is 40.8. The van der Waals surface area contributed by atoms with Crippen LogP contribution in [0.2, 0.25) is 0 Å². The smallest absolute Gasteiger partial charge is 0.309 e. The summed E-state index contributed by atoms with van der Waals surface area (Å²) >= 11 is 1.63. The highest BCUT2D eigenvalue weighted by atomic mass is 32.2. The Morgan fingerprint density at radius 1 is 1.16 bits per heavy atom. The van der Waals surface area contributed by atoms with E-state index in [9.17, 15) is 14.4 Å². The highest BCUT2D eigenvalue weighted by Gasteiger charge is 2.39. The van der Waals surface area contributed by atoms with Crippen LogP contribution in [0.15, 0.2) is 0 Å². The molecular formula is C18H30N2O4S. The summed E-state index contributed by atoms with van der Waals surface area (Å²) in [5.41, 5.74) is -0.0874. The first kappa shape index (κ1) is 20.1. The maximum absolute atomic E-state index is 12.9. The van der Waals surface area contributed by atoms with Crippen LogP contribution in [0.5, 0.6) is 0 Å². The fourth-order valence-electron chi connectivity index (χ4n) is 3.25. The third kappa shape index (κ3) is 5.36. The number of hydrogen-bond donors (Lipinski definition) is 0. The molecule has 2 rings (SSSR count). The van der Waals surface area contributed by atoms with Gasteiger partial charge < -0.3 is 14.5 Å². The van der Waals surface area contributed by atoms with Gasteiger partial charge in [0.1, 0.15) is 6.04 Å². The molecule has 0 radical (unpaired) electrons. The van der Waals surface area contributed by atoms with Crippen LogP contribution in [-0.4, -0.2) is 65.0 Å². The summed E-state index contributed by atoms with van der Waals surface area (Å²) in [6.45, 7) is 9.41. The molecule has 142 valence electrons. The lowest BCUT2D eigenvalue weighted by molar-refractivity contribution is -0.152. The first-order valence-corrected chi connectivity index (χ1v) is 10.2. The van der Waals surface area contributed by atoms with Crippen LogP contribution in [0.25, 0.3) is 0 Å². The second kappa shape index (κ2) is 8.43. The van der Waals surface area contributed by atoms with E-state index >= 15 is 0 Å². The Balaban J connectivity index is 1.92. The van der Waals surface area contributed by atoms with E-state index in [2.05, 4.69) is 0 Å². The second-order valence-corrected chi connectivity index (χ2v) is 8.97. The number of thioether (sulfide) groups is 1. The average molecular weight is 371 g/mol. The quantitative estimate of drug-likeness (QED) is 0.709. The zero-order valence-corrected chi connectivity index (χ0v) is 16.6. The van der Waals surface area contributed by atoms with Crippen molar-refractivity contribution in [2.45, 2.75) is 53.0 Å². The molecule has 0 aromatic carbocycles. The largest absolute Gasteiger partial charge is 0.466 e. The molecule has 0 aromatic rings. The molecule has 0 aliphatic carbocycles. The molecule has 7 heteroatoms. The van der Waals surface area contributed by atoms with Crippen molar-refractivity contribution in [3.8, 4) is 0 Å². The minimum absolute atomic E-state index is 0.0227. The summed E-state index contributed by atoms with van der Waals surface area (Å²) < 4.78 is 5.07. The summed E-state index contributed by atoms with van der Waals surface area (Å²) in [6, 6.07) is -0.362. The van der Waals surface area contributed by atoms with Crippen molar-refractivity contribution >= 4 is 29.5 Å². The molecule has 2 aliphatic heterocycles. The number of hydrogen-bond acceptors (Lipinski definition) is 5. The lowest BCUT2D eigenvalue weighted by Crippen LogP contribution is -2.51. The zero-order valence-electron chi connectivity index (χ0n) is 15.7. The third-order valence-corrected chi connectivity index (χ3v) is 5.61. The number of amides is 2. The second-order valence-electron chi connectivity index (χ2n) is 7.97. The summed E-state index contributed by atoms with van der Waals surface area (Å²) in [7, 11) is 0. The number of likely N-dealkylation sites (tertiary alicyclic amines) is 1. The Bertz CT molecular complexity index is 510. The molecule has 2 aliphatic rings. The van der Waals surface area contributed by atoms with Gasteiger partial charge in [0.25, 0.3) is 0 Å². The number of carbonyl (C=O) groups is 3. The van der Waals surface area contributed by atoms with E-state index in [0.717, 1.165) is 0 Å². The van der Waals surface area contributed by atoms with Gasteiger partial charge in [-0.2, -0.15) is 0 Å². The summed E-state index contributed by atoms with van der Waals surface area (Å²) in [6.07, 6.45) is 1.73. The van der Waals surface area contributed by atoms with Crippen LogP contribution in [0.1, 0.15) is 47.0 Å². The monoisotopic (exact) mass is 370 g/mol. The first-order valence-electron chi connectivity index (χ1n) is 9.05. The van der Waals surface area contributed by atoms with Gasteiger partial charge in [-0.25, -0.2) is 0 Å². The molecule has 25 heavy (non-hydrogen) atoms. The number of carbonyl (C=O) groups excluding carboxylic acids is 3. The van der Waals surface area contributed by atoms with E-state index in [1.807, 2.05) is 25.7 Å². The predicted octanol–water partition coefficient (Wildman–Crippen LogP) is 2.13. The van der Waals surface area contributed by atoms with E-state index in [-0.39, 0.29) is 35.2 Å². The van der Waals surface area contributed by atoms with E-state index in [1.165, 1.54) is 0 Å². The first-order chi connectivity index (χ1) is 11.7. The van der Waals surface area contributed by atoms with Gasteiger partial charge >= 0.3 is 5.97 Å². The van der Waals surface area contributed by atoms with Crippen molar-refractivity contribution in [3.63, 3.8) is 0 Å². The third-order valence-electron chi connectivity index (χ3n) is 4.60. The lowest BCUT2D eigenvalue weighted by Gasteiger charge is -2.35. The van der Waals surface area contributed by atoms with Gasteiger partial charge in [0.05, 0.1) is 18.4 Å². The van der Waals surface area contributed by atoms with Crippen LogP contribution in [-0.2, 0) is 19.1 Å². The molecule has 6 nitrogen and oxygen atoms in total. The van der Waals surface area contributed by atoms with Gasteiger partial charge in [0, 0.05) is 25.3 Å². The van der Waals surface area contributed by atoms with Gasteiger partial charge in [-0.3, -0.25) is 14.4 Å². The Labute approximate surface area is 154 Å². The SMILES string of the molecule is CCOC(=O)C1CCN(C(=O)C2CSCN2C(=O)CC(C)(C)C)CC1. The molecule has 1 unspecified atom stereocenters. The number of esters is 1. The number of ether oxygens (including phenoxy) is 1. The molecule has 0 N–H and O–H groups in total. The number of piperidine rings is 1. The van der Waals surface area contributed by atoms with Crippen LogP contribution in [0, 0.1) is 11.3 Å². The molecule has 2 heterocycles. The fraction of sp³-hybridized carbons (Fsp3) is 0.833. The van der Waals surface area contributed by atoms with E-state index in [1.54, 1.807) is 23.6 Å². The normalized spacial score (nSPS) is 22.2. The maximum atomic E-state index is 12.9. The lowest BCUT2D eigenvalue weighted by atomic mass is 9.91. The Kier molecular flexibility index (Phi) is 6.77. The van der Waals surface area contributed by atoms with Crippen LogP contribution < -0.4 is 0 Å². The molecule has 0 bridgehead atoms. The number of rotatable bonds is 4. The van der Waals surface area contributed by atoms with Gasteiger partial charge in [0.2, 0.25) is 11.8 Å². The van der Waals surface area contributed by atoms with Crippen molar-refractivity contribution in [3.05, 3.63) is 0 Å². The average Bonchev–Trinajstić information content (AvgIpc) is 3.02. The van der Waals surface area contributed by atoms with Gasteiger partial charge in [-0.15, -0.1) is 11.8 Å². The van der Waals surface area contributed by atoms with Gasteiger partial charge in [0.15, 0.2) is 0 Å². The van der Waals surface area contributed by atoms with Crippen molar-refractivity contribution in [2.24, 2.45) is 11.3 Å². The van der Waals surface area contributed by atoms with Crippen LogP contribution in [0.4, 0.5) is 0 Å². The van der Waals surface area contributed by atoms with E-state index in [4.69, 9.17) is 4.74 Å². The fourth-order valence-corrected chi connectivity index (χ4v) is 4.43. The highest BCUT2D eigenvalue weighted by molar-refractivity contribution is 7.99. The minimum atomic E-state index is -0.362. The van der Waals surface area contributed by atoms with Gasteiger partial charge in [-0.1, -0.05) is 20.8 Å². The molecule has 1 atom stereocenters. The molecule has 0 spiro atoms.